The summed E-state index contributed by atoms with van der Waals surface area (Å²) in [6, 6.07) is 20.9. The third-order valence-electron chi connectivity index (χ3n) is 5.19. The molecule has 0 aliphatic rings. The fourth-order valence-corrected chi connectivity index (χ4v) is 5.04. The average molecular weight is 519 g/mol. The van der Waals surface area contributed by atoms with Crippen molar-refractivity contribution >= 4 is 35.2 Å². The molecule has 0 fully saturated rings. The van der Waals surface area contributed by atoms with Crippen LogP contribution in [0.2, 0.25) is 0 Å². The second kappa shape index (κ2) is 12.3. The first-order chi connectivity index (χ1) is 17.5. The minimum atomic E-state index is -0.299. The van der Waals surface area contributed by atoms with E-state index in [1.807, 2.05) is 37.3 Å². The van der Waals surface area contributed by atoms with E-state index < -0.39 is 0 Å². The highest BCUT2D eigenvalue weighted by molar-refractivity contribution is 8.00. The van der Waals surface area contributed by atoms with Crippen molar-refractivity contribution in [2.24, 2.45) is 5.10 Å². The van der Waals surface area contributed by atoms with Crippen LogP contribution in [0.4, 0.5) is 0 Å². The number of rotatable bonds is 10. The molecule has 0 spiro atoms. The Hall–Kier alpha value is -3.69. The lowest BCUT2D eigenvalue weighted by Gasteiger charge is -2.08. The first-order valence-corrected chi connectivity index (χ1v) is 13.0. The SMILES string of the molecule is COc1ccc(/C=N\NC(=O)c2ccc(OCc3ccc(C)cc3)cc2)cc1CSc1nnc(C)s1. The number of hydrogen-bond donors (Lipinski definition) is 1. The molecule has 0 atom stereocenters. The Morgan fingerprint density at radius 2 is 1.83 bits per heavy atom. The van der Waals surface area contributed by atoms with Crippen molar-refractivity contribution < 1.29 is 14.3 Å². The van der Waals surface area contributed by atoms with E-state index in [1.54, 1.807) is 60.7 Å². The number of aryl methyl sites for hydroxylation is 2. The van der Waals surface area contributed by atoms with Gasteiger partial charge >= 0.3 is 0 Å². The molecule has 1 aromatic heterocycles. The Labute approximate surface area is 218 Å². The maximum Gasteiger partial charge on any atom is 0.271 e. The van der Waals surface area contributed by atoms with Crippen molar-refractivity contribution in [1.29, 1.82) is 0 Å². The lowest BCUT2D eigenvalue weighted by molar-refractivity contribution is 0.0955. The van der Waals surface area contributed by atoms with Gasteiger partial charge in [0.2, 0.25) is 0 Å². The second-order valence-electron chi connectivity index (χ2n) is 7.94. The van der Waals surface area contributed by atoms with Gasteiger partial charge in [-0.05, 0) is 67.4 Å². The quantitative estimate of drug-likeness (QED) is 0.162. The number of carbonyl (C=O) groups is 1. The molecule has 3 aromatic carbocycles. The maximum atomic E-state index is 12.5. The Morgan fingerprint density at radius 1 is 1.06 bits per heavy atom. The smallest absolute Gasteiger partial charge is 0.271 e. The standard InChI is InChI=1S/C27H26N4O3S2/c1-18-4-6-20(7-5-18)16-34-24-11-9-22(10-12-24)26(32)30-28-15-21-8-13-25(33-3)23(14-21)17-35-27-31-29-19(2)36-27/h4-15H,16-17H2,1-3H3,(H,30,32)/b28-15-. The molecule has 1 amide bonds. The largest absolute Gasteiger partial charge is 0.496 e. The molecule has 0 saturated carbocycles. The molecule has 0 aliphatic heterocycles. The first-order valence-electron chi connectivity index (χ1n) is 11.2. The number of methoxy groups -OCH3 is 1. The summed E-state index contributed by atoms with van der Waals surface area (Å²) in [7, 11) is 1.64. The molecule has 0 radical (unpaired) electrons. The van der Waals surface area contributed by atoms with Crippen LogP contribution in [0.5, 0.6) is 11.5 Å². The van der Waals surface area contributed by atoms with Crippen LogP contribution in [0.3, 0.4) is 0 Å². The van der Waals surface area contributed by atoms with Crippen LogP contribution >= 0.6 is 23.1 Å². The van der Waals surface area contributed by atoms with Crippen LogP contribution in [0.1, 0.15) is 37.6 Å². The molecule has 0 aliphatic carbocycles. The fourth-order valence-electron chi connectivity index (χ4n) is 3.25. The maximum absolute atomic E-state index is 12.5. The minimum absolute atomic E-state index is 0.299. The van der Waals surface area contributed by atoms with Crippen molar-refractivity contribution in [1.82, 2.24) is 15.6 Å². The van der Waals surface area contributed by atoms with Gasteiger partial charge in [-0.2, -0.15) is 5.10 Å². The van der Waals surface area contributed by atoms with E-state index in [2.05, 4.69) is 39.8 Å². The van der Waals surface area contributed by atoms with Crippen LogP contribution in [-0.4, -0.2) is 29.4 Å². The van der Waals surface area contributed by atoms with Gasteiger partial charge in [0.15, 0.2) is 4.34 Å². The van der Waals surface area contributed by atoms with Crippen molar-refractivity contribution in [3.63, 3.8) is 0 Å². The summed E-state index contributed by atoms with van der Waals surface area (Å²) in [6.45, 7) is 4.46. The van der Waals surface area contributed by atoms with Gasteiger partial charge in [-0.1, -0.05) is 52.9 Å². The number of carbonyl (C=O) groups excluding carboxylic acids is 1. The highest BCUT2D eigenvalue weighted by Crippen LogP contribution is 2.30. The van der Waals surface area contributed by atoms with Gasteiger partial charge < -0.3 is 9.47 Å². The van der Waals surface area contributed by atoms with Crippen LogP contribution in [-0.2, 0) is 12.4 Å². The van der Waals surface area contributed by atoms with Gasteiger partial charge in [0.1, 0.15) is 23.1 Å². The molecule has 1 N–H and O–H groups in total. The molecular weight excluding hydrogens is 492 g/mol. The van der Waals surface area contributed by atoms with E-state index in [1.165, 1.54) is 5.56 Å². The molecule has 1 heterocycles. The second-order valence-corrected chi connectivity index (χ2v) is 10.3. The molecule has 4 aromatic rings. The monoisotopic (exact) mass is 518 g/mol. The van der Waals surface area contributed by atoms with E-state index in [0.29, 0.717) is 23.7 Å². The third-order valence-corrected chi connectivity index (χ3v) is 7.21. The fraction of sp³-hybridized carbons (Fsp3) is 0.185. The summed E-state index contributed by atoms with van der Waals surface area (Å²) < 4.78 is 12.2. The van der Waals surface area contributed by atoms with E-state index in [0.717, 1.165) is 31.8 Å². The molecule has 0 unspecified atom stereocenters. The van der Waals surface area contributed by atoms with Gasteiger partial charge in [0.25, 0.3) is 5.91 Å². The number of thioether (sulfide) groups is 1. The van der Waals surface area contributed by atoms with Crippen LogP contribution in [0.15, 0.2) is 76.2 Å². The molecule has 4 rings (SSSR count). The molecule has 36 heavy (non-hydrogen) atoms. The Morgan fingerprint density at radius 3 is 2.53 bits per heavy atom. The third kappa shape index (κ3) is 7.16. The number of hydrogen-bond acceptors (Lipinski definition) is 8. The zero-order chi connectivity index (χ0) is 25.3. The van der Waals surface area contributed by atoms with Crippen molar-refractivity contribution in [3.05, 3.63) is 99.6 Å². The summed E-state index contributed by atoms with van der Waals surface area (Å²) in [4.78, 5) is 12.5. The Balaban J connectivity index is 1.31. The van der Waals surface area contributed by atoms with Crippen molar-refractivity contribution in [2.75, 3.05) is 7.11 Å². The van der Waals surface area contributed by atoms with Crippen LogP contribution < -0.4 is 14.9 Å². The molecule has 0 saturated heterocycles. The molecular formula is C27H26N4O3S2. The zero-order valence-electron chi connectivity index (χ0n) is 20.2. The average Bonchev–Trinajstić information content (AvgIpc) is 3.32. The summed E-state index contributed by atoms with van der Waals surface area (Å²) in [5.74, 6) is 1.87. The van der Waals surface area contributed by atoms with Gasteiger partial charge in [-0.3, -0.25) is 4.79 Å². The summed E-state index contributed by atoms with van der Waals surface area (Å²) in [6.07, 6.45) is 1.61. The predicted octanol–water partition coefficient (Wildman–Crippen LogP) is 5.80. The number of benzene rings is 3. The Bertz CT molecular complexity index is 1340. The van der Waals surface area contributed by atoms with Crippen LogP contribution in [0, 0.1) is 13.8 Å². The highest BCUT2D eigenvalue weighted by atomic mass is 32.2. The van der Waals surface area contributed by atoms with E-state index in [-0.39, 0.29) is 5.91 Å². The topological polar surface area (TPSA) is 85.7 Å². The van der Waals surface area contributed by atoms with Crippen molar-refractivity contribution in [3.8, 4) is 11.5 Å². The lowest BCUT2D eigenvalue weighted by Crippen LogP contribution is -2.17. The number of aromatic nitrogens is 2. The van der Waals surface area contributed by atoms with Crippen molar-refractivity contribution in [2.45, 2.75) is 30.5 Å². The highest BCUT2D eigenvalue weighted by Gasteiger charge is 2.08. The van der Waals surface area contributed by atoms with Gasteiger partial charge in [0.05, 0.1) is 13.3 Å². The Kier molecular flexibility index (Phi) is 8.70. The number of ether oxygens (including phenoxy) is 2. The van der Waals surface area contributed by atoms with Gasteiger partial charge in [-0.15, -0.1) is 10.2 Å². The number of hydrazone groups is 1. The molecule has 184 valence electrons. The van der Waals surface area contributed by atoms with Gasteiger partial charge in [0, 0.05) is 16.9 Å². The normalized spacial score (nSPS) is 11.0. The number of nitrogens with one attached hydrogen (secondary N) is 1. The lowest BCUT2D eigenvalue weighted by atomic mass is 10.1. The van der Waals surface area contributed by atoms with E-state index in [4.69, 9.17) is 9.47 Å². The molecule has 9 heteroatoms. The van der Waals surface area contributed by atoms with E-state index in [9.17, 15) is 4.79 Å². The zero-order valence-corrected chi connectivity index (χ0v) is 21.9. The van der Waals surface area contributed by atoms with Crippen LogP contribution in [0.25, 0.3) is 0 Å². The summed E-state index contributed by atoms with van der Waals surface area (Å²) >= 11 is 3.16. The number of amides is 1. The van der Waals surface area contributed by atoms with Gasteiger partial charge in [-0.25, -0.2) is 5.43 Å². The molecule has 7 nitrogen and oxygen atoms in total. The van der Waals surface area contributed by atoms with E-state index >= 15 is 0 Å². The predicted molar refractivity (Wildman–Crippen MR) is 144 cm³/mol. The number of nitrogens with zero attached hydrogens (tertiary/aromatic N) is 3. The summed E-state index contributed by atoms with van der Waals surface area (Å²) in [5.41, 5.74) is 7.22. The molecule has 0 bridgehead atoms. The minimum Gasteiger partial charge on any atom is -0.496 e. The first kappa shape index (κ1) is 25.4. The summed E-state index contributed by atoms with van der Waals surface area (Å²) in [5, 5.41) is 13.2.